The second-order valence-corrected chi connectivity index (χ2v) is 20.2. The number of hydrogen-bond donors (Lipinski definition) is 0. The third-order valence-electron chi connectivity index (χ3n) is 12.5. The number of rotatable bonds is 6. The molecule has 0 bridgehead atoms. The fraction of sp³-hybridized carbons (Fsp3) is 0.216. The van der Waals surface area contributed by atoms with Crippen LogP contribution in [0.5, 0.6) is 0 Å². The zero-order valence-corrected chi connectivity index (χ0v) is 39.2. The molecule has 77 heavy (non-hydrogen) atoms. The van der Waals surface area contributed by atoms with Crippen LogP contribution in [0.25, 0.3) is 32.3 Å². The molecule has 8 aromatic carbocycles. The maximum absolute atomic E-state index is 14.2. The standard InChI is InChI=1S/C32H12BF24.C19H17S/c34-25(35,36)13-1-14(26(37,38)39)6-21(5-13)33(22-7-15(27(40,41)42)2-16(8-22)28(43,44)45,23-9-17(29(46,47)48)3-18(10-23)30(49,50)51)24-11-19(31(52,53)54)4-20(12-24)32(55,56)57;1-20(2)12-16-9-8-15-7-6-13-4-3-5-14-10-11-17(16)19(15)18(13)14/h1-12H;3-11H,12H2,1-2H3/q-1;+1. The van der Waals surface area contributed by atoms with Gasteiger partial charge in [0.2, 0.25) is 0 Å². The Hall–Kier alpha value is -6.47. The normalized spacial score (nSPS) is 13.8. The van der Waals surface area contributed by atoms with Crippen molar-refractivity contribution in [3.63, 3.8) is 0 Å². The van der Waals surface area contributed by atoms with Gasteiger partial charge in [0.25, 0.3) is 0 Å². The van der Waals surface area contributed by atoms with E-state index in [-0.39, 0.29) is 0 Å². The highest BCUT2D eigenvalue weighted by Crippen LogP contribution is 2.42. The molecule has 0 aliphatic rings. The molecule has 0 saturated heterocycles. The molecule has 0 heterocycles. The first-order chi connectivity index (χ1) is 35.0. The zero-order valence-electron chi connectivity index (χ0n) is 38.4. The van der Waals surface area contributed by atoms with E-state index in [1.54, 1.807) is 0 Å². The largest absolute Gasteiger partial charge is 0.416 e. The van der Waals surface area contributed by atoms with Crippen molar-refractivity contribution in [3.05, 3.63) is 177 Å². The lowest BCUT2D eigenvalue weighted by Crippen LogP contribution is -2.75. The average molecular weight is 1140 g/mol. The number of halogens is 24. The zero-order chi connectivity index (χ0) is 57.6. The van der Waals surface area contributed by atoms with Crippen LogP contribution in [0.1, 0.15) is 50.1 Å². The summed E-state index contributed by atoms with van der Waals surface area (Å²) in [5.41, 5.74) is -28.7. The third-order valence-corrected chi connectivity index (χ3v) is 13.4. The third kappa shape index (κ3) is 12.0. The van der Waals surface area contributed by atoms with Gasteiger partial charge in [-0.15, -0.1) is 0 Å². The van der Waals surface area contributed by atoms with E-state index >= 15 is 0 Å². The van der Waals surface area contributed by atoms with Crippen molar-refractivity contribution < 1.29 is 105 Å². The first-order valence-electron chi connectivity index (χ1n) is 21.6. The Labute approximate surface area is 420 Å². The summed E-state index contributed by atoms with van der Waals surface area (Å²) in [6, 6.07) is 11.5. The van der Waals surface area contributed by atoms with Gasteiger partial charge in [-0.25, -0.2) is 0 Å². The van der Waals surface area contributed by atoms with Gasteiger partial charge in [0.05, 0.1) is 57.0 Å². The van der Waals surface area contributed by atoms with Gasteiger partial charge in [0.1, 0.15) is 11.9 Å². The quantitative estimate of drug-likeness (QED) is 0.0674. The molecule has 0 spiro atoms. The Bertz CT molecular complexity index is 3030. The molecule has 0 fully saturated rings. The van der Waals surface area contributed by atoms with E-state index in [0.717, 1.165) is 0 Å². The predicted molar refractivity (Wildman–Crippen MR) is 243 cm³/mol. The molecule has 0 nitrogen and oxygen atoms in total. The fourth-order valence-electron chi connectivity index (χ4n) is 9.30. The monoisotopic (exact) mass is 1140 g/mol. The summed E-state index contributed by atoms with van der Waals surface area (Å²) in [5.74, 6) is 1.17. The Morgan fingerprint density at radius 3 is 0.779 bits per heavy atom. The Morgan fingerprint density at radius 2 is 0.532 bits per heavy atom. The van der Waals surface area contributed by atoms with Crippen LogP contribution in [0.15, 0.2) is 127 Å². The first-order valence-corrected chi connectivity index (χ1v) is 23.8. The van der Waals surface area contributed by atoms with E-state index in [0.29, 0.717) is 10.9 Å². The highest BCUT2D eigenvalue weighted by Gasteiger charge is 2.47. The maximum atomic E-state index is 14.2. The van der Waals surface area contributed by atoms with Gasteiger partial charge in [0, 0.05) is 5.56 Å². The summed E-state index contributed by atoms with van der Waals surface area (Å²) >= 11 is 0. The maximum Gasteiger partial charge on any atom is 0.416 e. The summed E-state index contributed by atoms with van der Waals surface area (Å²) in [7, 11) is 0.432. The Balaban J connectivity index is 0.000000353. The molecule has 0 aromatic heterocycles. The van der Waals surface area contributed by atoms with Crippen molar-refractivity contribution in [2.24, 2.45) is 0 Å². The highest BCUT2D eigenvalue weighted by molar-refractivity contribution is 7.94. The average Bonchev–Trinajstić information content (AvgIpc) is 3.30. The summed E-state index contributed by atoms with van der Waals surface area (Å²) in [6.07, 6.45) is -50.2. The Morgan fingerprint density at radius 1 is 0.299 bits per heavy atom. The smallest absolute Gasteiger partial charge is 0.194 e. The van der Waals surface area contributed by atoms with Crippen LogP contribution in [0.4, 0.5) is 105 Å². The molecule has 26 heteroatoms. The minimum atomic E-state index is -6.13. The minimum absolute atomic E-state index is 0.432. The molecule has 0 atom stereocenters. The van der Waals surface area contributed by atoms with Gasteiger partial charge in [-0.3, -0.25) is 0 Å². The van der Waals surface area contributed by atoms with E-state index in [2.05, 4.69) is 67.1 Å². The van der Waals surface area contributed by atoms with E-state index in [1.165, 1.54) is 43.6 Å². The topological polar surface area (TPSA) is 0 Å². The van der Waals surface area contributed by atoms with Crippen LogP contribution < -0.4 is 21.9 Å². The molecule has 8 aromatic rings. The van der Waals surface area contributed by atoms with Gasteiger partial charge < -0.3 is 0 Å². The molecular formula is C51H29BF24S. The van der Waals surface area contributed by atoms with E-state index in [9.17, 15) is 105 Å². The summed E-state index contributed by atoms with van der Waals surface area (Å²) in [5, 5.41) is 8.38. The van der Waals surface area contributed by atoms with Crippen molar-refractivity contribution >= 4 is 71.2 Å². The van der Waals surface area contributed by atoms with Crippen molar-refractivity contribution in [2.45, 2.75) is 55.2 Å². The number of benzene rings is 8. The predicted octanol–water partition coefficient (Wildman–Crippen LogP) is 16.2. The van der Waals surface area contributed by atoms with E-state index < -0.39 is 195 Å². The van der Waals surface area contributed by atoms with Crippen molar-refractivity contribution in [3.8, 4) is 0 Å². The lowest BCUT2D eigenvalue weighted by atomic mass is 9.12. The highest BCUT2D eigenvalue weighted by atomic mass is 32.2. The van der Waals surface area contributed by atoms with Gasteiger partial charge in [-0.2, -0.15) is 127 Å². The first kappa shape index (κ1) is 58.2. The minimum Gasteiger partial charge on any atom is -0.194 e. The van der Waals surface area contributed by atoms with Gasteiger partial charge in [-0.1, -0.05) is 103 Å². The van der Waals surface area contributed by atoms with E-state index in [1.807, 2.05) is 0 Å². The fourth-order valence-corrected chi connectivity index (χ4v) is 10.2. The molecule has 0 aliphatic carbocycles. The van der Waals surface area contributed by atoms with Crippen LogP contribution in [0, 0.1) is 0 Å². The molecule has 0 saturated carbocycles. The lowest BCUT2D eigenvalue weighted by molar-refractivity contribution is -0.144. The SMILES string of the molecule is C[S+](C)Cc1ccc2ccc3cccc4ccc1c2c34.FC(F)(F)c1cc([B-](c2cc(C(F)(F)F)cc(C(F)(F)F)c2)(c2cc(C(F)(F)F)cc(C(F)(F)F)c2)c2cc(C(F)(F)F)cc(C(F)(F)F)c2)cc(C(F)(F)F)c1. The molecule has 0 unspecified atom stereocenters. The van der Waals surface area contributed by atoms with Gasteiger partial charge >= 0.3 is 49.4 Å². The molecular weight excluding hydrogens is 1110 g/mol. The molecule has 8 rings (SSSR count). The van der Waals surface area contributed by atoms with Crippen molar-refractivity contribution in [2.75, 3.05) is 12.5 Å². The van der Waals surface area contributed by atoms with Crippen molar-refractivity contribution in [1.29, 1.82) is 0 Å². The number of hydrogen-bond acceptors (Lipinski definition) is 0. The lowest BCUT2D eigenvalue weighted by Gasteiger charge is -2.46. The van der Waals surface area contributed by atoms with E-state index in [4.69, 9.17) is 0 Å². The van der Waals surface area contributed by atoms with Gasteiger partial charge in [-0.05, 0) is 67.5 Å². The molecule has 0 aliphatic heterocycles. The summed E-state index contributed by atoms with van der Waals surface area (Å²) < 4.78 is 341. The molecule has 0 amide bonds. The number of alkyl halides is 24. The van der Waals surface area contributed by atoms with Crippen LogP contribution >= 0.6 is 0 Å². The molecule has 0 radical (unpaired) electrons. The van der Waals surface area contributed by atoms with Crippen LogP contribution in [-0.2, 0) is 66.1 Å². The second-order valence-electron chi connectivity index (χ2n) is 17.9. The Kier molecular flexibility index (Phi) is 14.7. The van der Waals surface area contributed by atoms with Gasteiger partial charge in [0.15, 0.2) is 0 Å². The summed E-state index contributed by atoms with van der Waals surface area (Å²) in [6.45, 7) is 0. The van der Waals surface area contributed by atoms with Crippen LogP contribution in [0.2, 0.25) is 0 Å². The van der Waals surface area contributed by atoms with Crippen LogP contribution in [0.3, 0.4) is 0 Å². The molecule has 410 valence electrons. The van der Waals surface area contributed by atoms with Crippen LogP contribution in [-0.4, -0.2) is 18.7 Å². The summed E-state index contributed by atoms with van der Waals surface area (Å²) in [4.78, 5) is 0. The molecule has 0 N–H and O–H groups in total. The second kappa shape index (κ2) is 19.5. The van der Waals surface area contributed by atoms with Crippen molar-refractivity contribution in [1.82, 2.24) is 0 Å².